The Balaban J connectivity index is 2.82. The van der Waals surface area contributed by atoms with Crippen LogP contribution in [-0.4, -0.2) is 12.6 Å². The van der Waals surface area contributed by atoms with Gasteiger partial charge in [0.25, 0.3) is 0 Å². The van der Waals surface area contributed by atoms with Crippen LogP contribution in [0.3, 0.4) is 0 Å². The van der Waals surface area contributed by atoms with Gasteiger partial charge >= 0.3 is 0 Å². The highest BCUT2D eigenvalue weighted by molar-refractivity contribution is 5.42. The van der Waals surface area contributed by atoms with E-state index in [1.807, 2.05) is 6.07 Å². The van der Waals surface area contributed by atoms with Crippen molar-refractivity contribution in [1.29, 1.82) is 5.26 Å². The van der Waals surface area contributed by atoms with E-state index in [4.69, 9.17) is 15.7 Å². The second kappa shape index (κ2) is 4.58. The lowest BCUT2D eigenvalue weighted by Gasteiger charge is -2.09. The minimum Gasteiger partial charge on any atom is -0.491 e. The summed E-state index contributed by atoms with van der Waals surface area (Å²) in [5.74, 6) is -0.0825. The van der Waals surface area contributed by atoms with Gasteiger partial charge in [-0.25, -0.2) is 4.39 Å². The van der Waals surface area contributed by atoms with Crippen molar-refractivity contribution in [2.24, 2.45) is 5.73 Å². The quantitative estimate of drug-likeness (QED) is 0.791. The van der Waals surface area contributed by atoms with Gasteiger partial charge in [-0.3, -0.25) is 0 Å². The zero-order valence-electron chi connectivity index (χ0n) is 7.83. The largest absolute Gasteiger partial charge is 0.491 e. The summed E-state index contributed by atoms with van der Waals surface area (Å²) in [4.78, 5) is 0. The first-order valence-electron chi connectivity index (χ1n) is 4.21. The molecule has 0 radical (unpaired) electrons. The molecule has 4 heteroatoms. The van der Waals surface area contributed by atoms with Gasteiger partial charge in [0, 0.05) is 6.04 Å². The minimum atomic E-state index is -0.449. The third-order valence-corrected chi connectivity index (χ3v) is 1.56. The molecular weight excluding hydrogens is 183 g/mol. The molecule has 0 fully saturated rings. The Hall–Kier alpha value is -1.60. The molecule has 0 aliphatic rings. The lowest BCUT2D eigenvalue weighted by molar-refractivity contribution is 0.295. The number of nitrogens with two attached hydrogens (primary N) is 1. The molecule has 0 saturated carbocycles. The van der Waals surface area contributed by atoms with Crippen LogP contribution < -0.4 is 10.5 Å². The molecule has 2 N–H and O–H groups in total. The lowest BCUT2D eigenvalue weighted by Crippen LogP contribution is -2.23. The van der Waals surface area contributed by atoms with Gasteiger partial charge in [0.1, 0.15) is 24.2 Å². The zero-order chi connectivity index (χ0) is 10.6. The van der Waals surface area contributed by atoms with Crippen molar-refractivity contribution in [3.8, 4) is 11.8 Å². The van der Waals surface area contributed by atoms with Gasteiger partial charge in [-0.1, -0.05) is 0 Å². The number of rotatable bonds is 3. The van der Waals surface area contributed by atoms with Gasteiger partial charge in [-0.15, -0.1) is 0 Å². The highest BCUT2D eigenvalue weighted by atomic mass is 19.1. The number of nitriles is 1. The molecular formula is C10H11FN2O. The molecule has 0 aliphatic carbocycles. The Bertz CT molecular complexity index is 358. The third-order valence-electron chi connectivity index (χ3n) is 1.56. The van der Waals surface area contributed by atoms with E-state index in [0.29, 0.717) is 12.4 Å². The summed E-state index contributed by atoms with van der Waals surface area (Å²) in [6.45, 7) is 2.09. The highest BCUT2D eigenvalue weighted by Gasteiger charge is 2.05. The van der Waals surface area contributed by atoms with E-state index in [0.717, 1.165) is 6.07 Å². The van der Waals surface area contributed by atoms with E-state index in [1.54, 1.807) is 6.92 Å². The Morgan fingerprint density at radius 1 is 1.64 bits per heavy atom. The van der Waals surface area contributed by atoms with Crippen molar-refractivity contribution in [2.75, 3.05) is 6.61 Å². The first kappa shape index (κ1) is 10.5. The summed E-state index contributed by atoms with van der Waals surface area (Å²) < 4.78 is 17.9. The molecule has 0 amide bonds. The molecule has 1 unspecified atom stereocenters. The van der Waals surface area contributed by atoms with Gasteiger partial charge < -0.3 is 10.5 Å². The summed E-state index contributed by atoms with van der Waals surface area (Å²) in [7, 11) is 0. The zero-order valence-corrected chi connectivity index (χ0v) is 7.83. The molecule has 0 saturated heterocycles. The third kappa shape index (κ3) is 2.71. The topological polar surface area (TPSA) is 59.0 Å². The van der Waals surface area contributed by atoms with Crippen LogP contribution in [0.1, 0.15) is 12.5 Å². The first-order valence-corrected chi connectivity index (χ1v) is 4.21. The van der Waals surface area contributed by atoms with Gasteiger partial charge in [-0.05, 0) is 25.1 Å². The van der Waals surface area contributed by atoms with Crippen molar-refractivity contribution >= 4 is 0 Å². The SMILES string of the molecule is CC(N)COc1ccc(F)cc1C#N. The van der Waals surface area contributed by atoms with Crippen LogP contribution in [0.4, 0.5) is 4.39 Å². The smallest absolute Gasteiger partial charge is 0.137 e. The second-order valence-corrected chi connectivity index (χ2v) is 3.04. The maximum atomic E-state index is 12.7. The van der Waals surface area contributed by atoms with Crippen LogP contribution in [0.5, 0.6) is 5.75 Å². The molecule has 74 valence electrons. The fourth-order valence-corrected chi connectivity index (χ4v) is 0.937. The Morgan fingerprint density at radius 3 is 2.93 bits per heavy atom. The number of ether oxygens (including phenoxy) is 1. The first-order chi connectivity index (χ1) is 6.63. The van der Waals surface area contributed by atoms with Crippen LogP contribution in [0, 0.1) is 17.1 Å². The molecule has 3 nitrogen and oxygen atoms in total. The summed E-state index contributed by atoms with van der Waals surface area (Å²) in [6, 6.07) is 5.55. The number of halogens is 1. The molecule has 0 bridgehead atoms. The molecule has 0 spiro atoms. The molecule has 1 rings (SSSR count). The van der Waals surface area contributed by atoms with Gasteiger partial charge in [0.15, 0.2) is 0 Å². The lowest BCUT2D eigenvalue weighted by atomic mass is 10.2. The van der Waals surface area contributed by atoms with Gasteiger partial charge in [-0.2, -0.15) is 5.26 Å². The van der Waals surface area contributed by atoms with Crippen molar-refractivity contribution in [3.05, 3.63) is 29.6 Å². The van der Waals surface area contributed by atoms with Crippen LogP contribution in [0.2, 0.25) is 0 Å². The summed E-state index contributed by atoms with van der Waals surface area (Å²) in [5.41, 5.74) is 5.67. The van der Waals surface area contributed by atoms with E-state index in [9.17, 15) is 4.39 Å². The average Bonchev–Trinajstić information content (AvgIpc) is 2.15. The van der Waals surface area contributed by atoms with E-state index in [2.05, 4.69) is 0 Å². The van der Waals surface area contributed by atoms with E-state index in [-0.39, 0.29) is 11.6 Å². The molecule has 1 aromatic rings. The fraction of sp³-hybridized carbons (Fsp3) is 0.300. The minimum absolute atomic E-state index is 0.119. The molecule has 0 aromatic heterocycles. The number of hydrogen-bond acceptors (Lipinski definition) is 3. The average molecular weight is 194 g/mol. The van der Waals surface area contributed by atoms with Crippen LogP contribution in [0.25, 0.3) is 0 Å². The van der Waals surface area contributed by atoms with Crippen molar-refractivity contribution in [2.45, 2.75) is 13.0 Å². The molecule has 1 atom stereocenters. The maximum Gasteiger partial charge on any atom is 0.137 e. The fourth-order valence-electron chi connectivity index (χ4n) is 0.937. The Kier molecular flexibility index (Phi) is 3.43. The Labute approximate surface area is 81.9 Å². The summed E-state index contributed by atoms with van der Waals surface area (Å²) in [5, 5.41) is 8.68. The molecule has 0 aliphatic heterocycles. The summed E-state index contributed by atoms with van der Waals surface area (Å²) >= 11 is 0. The second-order valence-electron chi connectivity index (χ2n) is 3.04. The van der Waals surface area contributed by atoms with Crippen molar-refractivity contribution < 1.29 is 9.13 Å². The van der Waals surface area contributed by atoms with Crippen molar-refractivity contribution in [3.63, 3.8) is 0 Å². The predicted octanol–water partition coefficient (Wildman–Crippen LogP) is 1.42. The molecule has 0 heterocycles. The van der Waals surface area contributed by atoms with Crippen molar-refractivity contribution in [1.82, 2.24) is 0 Å². The van der Waals surface area contributed by atoms with E-state index < -0.39 is 5.82 Å². The number of nitrogens with zero attached hydrogens (tertiary/aromatic N) is 1. The van der Waals surface area contributed by atoms with Crippen LogP contribution in [0.15, 0.2) is 18.2 Å². The maximum absolute atomic E-state index is 12.7. The normalized spacial score (nSPS) is 11.9. The van der Waals surface area contributed by atoms with E-state index >= 15 is 0 Å². The van der Waals surface area contributed by atoms with E-state index in [1.165, 1.54) is 12.1 Å². The number of hydrogen-bond donors (Lipinski definition) is 1. The molecule has 1 aromatic carbocycles. The number of benzene rings is 1. The monoisotopic (exact) mass is 194 g/mol. The summed E-state index contributed by atoms with van der Waals surface area (Å²) in [6.07, 6.45) is 0. The highest BCUT2D eigenvalue weighted by Crippen LogP contribution is 2.18. The van der Waals surface area contributed by atoms with Gasteiger partial charge in [0.05, 0.1) is 5.56 Å². The molecule has 14 heavy (non-hydrogen) atoms. The predicted molar refractivity (Wildman–Crippen MR) is 50.3 cm³/mol. The standard InChI is InChI=1S/C10H11FN2O/c1-7(13)6-14-10-3-2-9(11)4-8(10)5-12/h2-4,7H,6,13H2,1H3. The van der Waals surface area contributed by atoms with Crippen LogP contribution in [-0.2, 0) is 0 Å². The Morgan fingerprint density at radius 2 is 2.36 bits per heavy atom. The van der Waals surface area contributed by atoms with Gasteiger partial charge in [0.2, 0.25) is 0 Å². The van der Waals surface area contributed by atoms with Crippen LogP contribution >= 0.6 is 0 Å².